The van der Waals surface area contributed by atoms with E-state index in [4.69, 9.17) is 4.74 Å². The summed E-state index contributed by atoms with van der Waals surface area (Å²) in [4.78, 5) is 32.1. The first-order chi connectivity index (χ1) is 13.1. The molecule has 7 nitrogen and oxygen atoms in total. The van der Waals surface area contributed by atoms with Crippen LogP contribution in [0.3, 0.4) is 0 Å². The molecule has 0 spiro atoms. The zero-order chi connectivity index (χ0) is 18.8. The van der Waals surface area contributed by atoms with E-state index in [0.29, 0.717) is 31.2 Å². The highest BCUT2D eigenvalue weighted by Crippen LogP contribution is 2.29. The number of hydrogen-bond acceptors (Lipinski definition) is 5. The van der Waals surface area contributed by atoms with Crippen molar-refractivity contribution in [3.63, 3.8) is 0 Å². The minimum atomic E-state index is -0.373. The van der Waals surface area contributed by atoms with Crippen LogP contribution in [0.2, 0.25) is 0 Å². The number of rotatable bonds is 3. The molecule has 2 aliphatic rings. The van der Waals surface area contributed by atoms with Crippen LogP contribution in [0.1, 0.15) is 29.0 Å². The van der Waals surface area contributed by atoms with Crippen molar-refractivity contribution in [2.45, 2.75) is 38.8 Å². The van der Waals surface area contributed by atoms with Gasteiger partial charge in [-0.2, -0.15) is 0 Å². The fraction of sp³-hybridized carbons (Fsp3) is 0.421. The molecule has 142 valence electrons. The monoisotopic (exact) mass is 386 g/mol. The highest BCUT2D eigenvalue weighted by atomic mass is 32.1. The zero-order valence-corrected chi connectivity index (χ0v) is 16.0. The molecule has 0 bridgehead atoms. The second-order valence-corrected chi connectivity index (χ2v) is 7.88. The maximum atomic E-state index is 12.6. The van der Waals surface area contributed by atoms with E-state index in [2.05, 4.69) is 15.6 Å². The Morgan fingerprint density at radius 3 is 2.93 bits per heavy atom. The summed E-state index contributed by atoms with van der Waals surface area (Å²) in [6.07, 6.45) is 1.98. The summed E-state index contributed by atoms with van der Waals surface area (Å²) in [5, 5.41) is 6.41. The predicted octanol–water partition coefficient (Wildman–Crippen LogP) is 3.16. The van der Waals surface area contributed by atoms with Crippen molar-refractivity contribution in [2.24, 2.45) is 0 Å². The second-order valence-electron chi connectivity index (χ2n) is 6.80. The molecule has 2 aromatic rings. The minimum absolute atomic E-state index is 0.117. The maximum Gasteiger partial charge on any atom is 0.322 e. The number of fused-ring (bicyclic) bond motifs is 1. The molecule has 2 N–H and O–H groups in total. The van der Waals surface area contributed by atoms with Crippen LogP contribution in [0.15, 0.2) is 24.3 Å². The molecule has 1 atom stereocenters. The Morgan fingerprint density at radius 2 is 2.15 bits per heavy atom. The van der Waals surface area contributed by atoms with E-state index >= 15 is 0 Å². The average Bonchev–Trinajstić information content (AvgIpc) is 3.32. The third-order valence-electron chi connectivity index (χ3n) is 4.86. The first-order valence-electron chi connectivity index (χ1n) is 9.13. The number of hydrogen-bond donors (Lipinski definition) is 2. The van der Waals surface area contributed by atoms with Crippen LogP contribution in [0.4, 0.5) is 15.6 Å². The summed E-state index contributed by atoms with van der Waals surface area (Å²) in [5.74, 6) is -0.132. The number of nitrogens with one attached hydrogen (secondary N) is 2. The molecular weight excluding hydrogens is 364 g/mol. The van der Waals surface area contributed by atoms with Gasteiger partial charge in [-0.15, -0.1) is 0 Å². The lowest BCUT2D eigenvalue weighted by Gasteiger charge is -2.26. The van der Waals surface area contributed by atoms with Gasteiger partial charge in [0.05, 0.1) is 12.2 Å². The van der Waals surface area contributed by atoms with E-state index < -0.39 is 0 Å². The van der Waals surface area contributed by atoms with Crippen molar-refractivity contribution in [3.8, 4) is 0 Å². The van der Waals surface area contributed by atoms with Gasteiger partial charge in [-0.25, -0.2) is 9.78 Å². The van der Waals surface area contributed by atoms with E-state index in [-0.39, 0.29) is 18.0 Å². The molecule has 8 heteroatoms. The van der Waals surface area contributed by atoms with Crippen molar-refractivity contribution in [1.82, 2.24) is 9.88 Å². The molecule has 0 aliphatic carbocycles. The van der Waals surface area contributed by atoms with Gasteiger partial charge in [0.2, 0.25) is 0 Å². The number of urea groups is 1. The van der Waals surface area contributed by atoms with Gasteiger partial charge in [0.15, 0.2) is 5.13 Å². The Morgan fingerprint density at radius 1 is 1.30 bits per heavy atom. The van der Waals surface area contributed by atoms with E-state index in [1.807, 2.05) is 31.2 Å². The summed E-state index contributed by atoms with van der Waals surface area (Å²) in [6.45, 7) is 3.71. The third-order valence-corrected chi connectivity index (χ3v) is 5.86. The van der Waals surface area contributed by atoms with Gasteiger partial charge >= 0.3 is 6.03 Å². The zero-order valence-electron chi connectivity index (χ0n) is 15.2. The number of thiazole rings is 1. The third kappa shape index (κ3) is 3.96. The summed E-state index contributed by atoms with van der Waals surface area (Å²) in [6, 6.07) is 7.60. The normalized spacial score (nSPS) is 18.9. The molecule has 3 amide bonds. The van der Waals surface area contributed by atoms with Crippen molar-refractivity contribution in [2.75, 3.05) is 23.8 Å². The molecule has 0 radical (unpaired) electrons. The molecule has 1 aromatic carbocycles. The van der Waals surface area contributed by atoms with Gasteiger partial charge in [-0.3, -0.25) is 10.1 Å². The number of aryl methyl sites for hydroxylation is 1. The molecular formula is C19H22N4O3S. The molecule has 1 unspecified atom stereocenters. The van der Waals surface area contributed by atoms with Crippen molar-refractivity contribution < 1.29 is 14.3 Å². The highest BCUT2D eigenvalue weighted by Gasteiger charge is 2.27. The molecule has 2 aliphatic heterocycles. The fourth-order valence-electron chi connectivity index (χ4n) is 3.30. The van der Waals surface area contributed by atoms with Crippen LogP contribution in [0.5, 0.6) is 0 Å². The lowest BCUT2D eigenvalue weighted by atomic mass is 10.2. The maximum absolute atomic E-state index is 12.6. The van der Waals surface area contributed by atoms with Gasteiger partial charge in [-0.05, 0) is 31.4 Å². The lowest BCUT2D eigenvalue weighted by molar-refractivity contribution is -0.124. The van der Waals surface area contributed by atoms with Crippen LogP contribution < -0.4 is 10.6 Å². The molecule has 1 saturated heterocycles. The SMILES string of the molecule is Cc1ccccc1NC(=O)N1CCc2nc(NC(=O)C3CCCO3)sc2C1. The number of amides is 3. The lowest BCUT2D eigenvalue weighted by Crippen LogP contribution is -2.38. The van der Waals surface area contributed by atoms with Gasteiger partial charge in [0, 0.05) is 30.1 Å². The topological polar surface area (TPSA) is 83.6 Å². The number of benzene rings is 1. The standard InChI is InChI=1S/C19H22N4O3S/c1-12-5-2-3-6-13(12)21-19(25)23-9-8-14-16(11-23)27-18(20-14)22-17(24)15-7-4-10-26-15/h2-3,5-6,15H,4,7-11H2,1H3,(H,21,25)(H,20,22,24). The Kier molecular flexibility index (Phi) is 5.09. The molecule has 3 heterocycles. The summed E-state index contributed by atoms with van der Waals surface area (Å²) in [7, 11) is 0. The van der Waals surface area contributed by atoms with Crippen LogP contribution in [-0.4, -0.2) is 41.1 Å². The van der Waals surface area contributed by atoms with Gasteiger partial charge < -0.3 is 15.0 Å². The number of ether oxygens (including phenoxy) is 1. The van der Waals surface area contributed by atoms with Crippen molar-refractivity contribution in [1.29, 1.82) is 0 Å². The summed E-state index contributed by atoms with van der Waals surface area (Å²) >= 11 is 1.43. The van der Waals surface area contributed by atoms with E-state index in [9.17, 15) is 9.59 Å². The van der Waals surface area contributed by atoms with Gasteiger partial charge in [0.25, 0.3) is 5.91 Å². The van der Waals surface area contributed by atoms with Crippen molar-refractivity contribution in [3.05, 3.63) is 40.4 Å². The quantitative estimate of drug-likeness (QED) is 0.849. The largest absolute Gasteiger partial charge is 0.368 e. The van der Waals surface area contributed by atoms with Crippen molar-refractivity contribution >= 4 is 34.1 Å². The van der Waals surface area contributed by atoms with E-state index in [1.165, 1.54) is 11.3 Å². The van der Waals surface area contributed by atoms with Gasteiger partial charge in [0.1, 0.15) is 6.10 Å². The number of anilines is 2. The Balaban J connectivity index is 1.39. The molecule has 4 rings (SSSR count). The minimum Gasteiger partial charge on any atom is -0.368 e. The Hall–Kier alpha value is -2.45. The van der Waals surface area contributed by atoms with Crippen LogP contribution in [0.25, 0.3) is 0 Å². The molecule has 1 fully saturated rings. The molecule has 27 heavy (non-hydrogen) atoms. The van der Waals surface area contributed by atoms with Crippen LogP contribution in [-0.2, 0) is 22.5 Å². The first-order valence-corrected chi connectivity index (χ1v) is 9.94. The molecule has 1 aromatic heterocycles. The second kappa shape index (κ2) is 7.66. The number of nitrogens with zero attached hydrogens (tertiary/aromatic N) is 2. The van der Waals surface area contributed by atoms with Crippen LogP contribution >= 0.6 is 11.3 Å². The smallest absolute Gasteiger partial charge is 0.322 e. The summed E-state index contributed by atoms with van der Waals surface area (Å²) in [5.41, 5.74) is 2.81. The van der Waals surface area contributed by atoms with Gasteiger partial charge in [-0.1, -0.05) is 29.5 Å². The fourth-order valence-corrected chi connectivity index (χ4v) is 4.33. The van der Waals surface area contributed by atoms with E-state index in [0.717, 1.165) is 34.7 Å². The van der Waals surface area contributed by atoms with E-state index in [1.54, 1.807) is 4.90 Å². The number of para-hydroxylation sites is 1. The number of carbonyl (C=O) groups excluding carboxylic acids is 2. The first kappa shape index (κ1) is 17.9. The Labute approximate surface area is 161 Å². The molecule has 0 saturated carbocycles. The number of aromatic nitrogens is 1. The average molecular weight is 386 g/mol. The Bertz CT molecular complexity index is 860. The summed E-state index contributed by atoms with van der Waals surface area (Å²) < 4.78 is 5.41. The predicted molar refractivity (Wildman–Crippen MR) is 104 cm³/mol. The number of carbonyl (C=O) groups is 2. The highest BCUT2D eigenvalue weighted by molar-refractivity contribution is 7.15. The van der Waals surface area contributed by atoms with Crippen LogP contribution in [0, 0.1) is 6.92 Å².